The highest BCUT2D eigenvalue weighted by atomic mass is 16.3. The summed E-state index contributed by atoms with van der Waals surface area (Å²) in [5, 5.41) is 6.30. The molecule has 1 heterocycles. The predicted octanol–water partition coefficient (Wildman–Crippen LogP) is 2.10. The highest BCUT2D eigenvalue weighted by Crippen LogP contribution is 2.32. The van der Waals surface area contributed by atoms with Gasteiger partial charge in [-0.15, -0.1) is 0 Å². The SMILES string of the molecule is CC(CCc1ccco1)NCC(=O)NC(C)C1CC1. The van der Waals surface area contributed by atoms with E-state index in [0.29, 0.717) is 24.5 Å². The van der Waals surface area contributed by atoms with Gasteiger partial charge in [0, 0.05) is 18.5 Å². The third-order valence-corrected chi connectivity index (χ3v) is 3.73. The second-order valence-corrected chi connectivity index (χ2v) is 5.59. The molecule has 0 aliphatic heterocycles. The van der Waals surface area contributed by atoms with Crippen molar-refractivity contribution in [1.29, 1.82) is 0 Å². The molecule has 2 atom stereocenters. The molecule has 0 spiro atoms. The first kappa shape index (κ1) is 14.1. The first-order valence-electron chi connectivity index (χ1n) is 7.20. The average Bonchev–Trinajstić information content (AvgIpc) is 3.11. The first-order valence-corrected chi connectivity index (χ1v) is 7.20. The zero-order chi connectivity index (χ0) is 13.7. The van der Waals surface area contributed by atoms with Gasteiger partial charge in [0.1, 0.15) is 5.76 Å². The lowest BCUT2D eigenvalue weighted by atomic mass is 10.1. The molecule has 0 saturated heterocycles. The number of amides is 1. The molecule has 1 amide bonds. The summed E-state index contributed by atoms with van der Waals surface area (Å²) in [6, 6.07) is 4.52. The Morgan fingerprint density at radius 3 is 2.89 bits per heavy atom. The molecule has 1 aromatic heterocycles. The minimum atomic E-state index is 0.101. The first-order chi connectivity index (χ1) is 9.15. The molecule has 2 N–H and O–H groups in total. The number of hydrogen-bond acceptors (Lipinski definition) is 3. The highest BCUT2D eigenvalue weighted by Gasteiger charge is 2.28. The lowest BCUT2D eigenvalue weighted by Crippen LogP contribution is -2.42. The van der Waals surface area contributed by atoms with Crippen LogP contribution in [0.3, 0.4) is 0 Å². The van der Waals surface area contributed by atoms with Gasteiger partial charge in [0.05, 0.1) is 12.8 Å². The summed E-state index contributed by atoms with van der Waals surface area (Å²) in [5.74, 6) is 1.81. The van der Waals surface area contributed by atoms with Crippen LogP contribution < -0.4 is 10.6 Å². The molecule has 1 aliphatic carbocycles. The van der Waals surface area contributed by atoms with Gasteiger partial charge in [-0.1, -0.05) is 0 Å². The van der Waals surface area contributed by atoms with E-state index in [2.05, 4.69) is 24.5 Å². The van der Waals surface area contributed by atoms with E-state index in [4.69, 9.17) is 4.42 Å². The lowest BCUT2D eigenvalue weighted by Gasteiger charge is -2.16. The summed E-state index contributed by atoms with van der Waals surface area (Å²) in [7, 11) is 0. The van der Waals surface area contributed by atoms with E-state index >= 15 is 0 Å². The van der Waals surface area contributed by atoms with E-state index in [0.717, 1.165) is 18.6 Å². The largest absolute Gasteiger partial charge is 0.469 e. The van der Waals surface area contributed by atoms with Crippen LogP contribution in [0, 0.1) is 5.92 Å². The van der Waals surface area contributed by atoms with E-state index in [1.807, 2.05) is 12.1 Å². The number of carbonyl (C=O) groups excluding carboxylic acids is 1. The summed E-state index contributed by atoms with van der Waals surface area (Å²) >= 11 is 0. The van der Waals surface area contributed by atoms with Crippen molar-refractivity contribution in [3.05, 3.63) is 24.2 Å². The van der Waals surface area contributed by atoms with E-state index in [1.54, 1.807) is 6.26 Å². The molecular formula is C15H24N2O2. The van der Waals surface area contributed by atoms with E-state index in [-0.39, 0.29) is 5.91 Å². The normalized spacial score (nSPS) is 18.0. The monoisotopic (exact) mass is 264 g/mol. The minimum Gasteiger partial charge on any atom is -0.469 e. The van der Waals surface area contributed by atoms with Crippen molar-refractivity contribution in [2.75, 3.05) is 6.54 Å². The van der Waals surface area contributed by atoms with E-state index < -0.39 is 0 Å². The molecule has 1 fully saturated rings. The summed E-state index contributed by atoms with van der Waals surface area (Å²) in [5.41, 5.74) is 0. The number of furan rings is 1. The molecule has 0 aromatic carbocycles. The fourth-order valence-electron chi connectivity index (χ4n) is 2.20. The van der Waals surface area contributed by atoms with Crippen molar-refractivity contribution in [2.24, 2.45) is 5.92 Å². The van der Waals surface area contributed by atoms with Crippen LogP contribution in [0.5, 0.6) is 0 Å². The van der Waals surface area contributed by atoms with Crippen LogP contribution in [0.4, 0.5) is 0 Å². The van der Waals surface area contributed by atoms with Gasteiger partial charge in [-0.3, -0.25) is 4.79 Å². The number of rotatable bonds is 8. The van der Waals surface area contributed by atoms with Crippen molar-refractivity contribution in [3.63, 3.8) is 0 Å². The van der Waals surface area contributed by atoms with Gasteiger partial charge in [0.2, 0.25) is 5.91 Å². The minimum absolute atomic E-state index is 0.101. The maximum atomic E-state index is 11.7. The Kier molecular flexibility index (Phi) is 5.02. The van der Waals surface area contributed by atoms with Gasteiger partial charge < -0.3 is 15.1 Å². The van der Waals surface area contributed by atoms with E-state index in [1.165, 1.54) is 12.8 Å². The maximum absolute atomic E-state index is 11.7. The summed E-state index contributed by atoms with van der Waals surface area (Å²) in [6.07, 6.45) is 6.09. The Morgan fingerprint density at radius 1 is 1.47 bits per heavy atom. The highest BCUT2D eigenvalue weighted by molar-refractivity contribution is 5.78. The number of aryl methyl sites for hydroxylation is 1. The Labute approximate surface area is 114 Å². The van der Waals surface area contributed by atoms with Crippen molar-refractivity contribution < 1.29 is 9.21 Å². The summed E-state index contributed by atoms with van der Waals surface area (Å²) in [6.45, 7) is 4.59. The molecule has 1 aromatic rings. The van der Waals surface area contributed by atoms with Crippen LogP contribution in [0.15, 0.2) is 22.8 Å². The van der Waals surface area contributed by atoms with Crippen LogP contribution in [0.25, 0.3) is 0 Å². The summed E-state index contributed by atoms with van der Waals surface area (Å²) in [4.78, 5) is 11.7. The van der Waals surface area contributed by atoms with Crippen LogP contribution in [-0.4, -0.2) is 24.5 Å². The molecule has 19 heavy (non-hydrogen) atoms. The van der Waals surface area contributed by atoms with Crippen LogP contribution in [-0.2, 0) is 11.2 Å². The zero-order valence-corrected chi connectivity index (χ0v) is 11.8. The van der Waals surface area contributed by atoms with Crippen molar-refractivity contribution in [3.8, 4) is 0 Å². The Bertz CT molecular complexity index is 385. The quantitative estimate of drug-likeness (QED) is 0.756. The van der Waals surface area contributed by atoms with Crippen molar-refractivity contribution in [1.82, 2.24) is 10.6 Å². The maximum Gasteiger partial charge on any atom is 0.234 e. The Balaban J connectivity index is 1.57. The fraction of sp³-hybridized carbons (Fsp3) is 0.667. The molecule has 0 bridgehead atoms. The second kappa shape index (κ2) is 6.75. The average molecular weight is 264 g/mol. The molecule has 106 valence electrons. The number of hydrogen-bond donors (Lipinski definition) is 2. The van der Waals surface area contributed by atoms with Crippen molar-refractivity contribution >= 4 is 5.91 Å². The molecule has 4 heteroatoms. The second-order valence-electron chi connectivity index (χ2n) is 5.59. The topological polar surface area (TPSA) is 54.3 Å². The Hall–Kier alpha value is -1.29. The zero-order valence-electron chi connectivity index (χ0n) is 11.8. The van der Waals surface area contributed by atoms with Gasteiger partial charge in [0.25, 0.3) is 0 Å². The molecular weight excluding hydrogens is 240 g/mol. The van der Waals surface area contributed by atoms with Crippen molar-refractivity contribution in [2.45, 2.75) is 51.6 Å². The smallest absolute Gasteiger partial charge is 0.234 e. The number of nitrogens with one attached hydrogen (secondary N) is 2. The Morgan fingerprint density at radius 2 is 2.26 bits per heavy atom. The molecule has 1 saturated carbocycles. The van der Waals surface area contributed by atoms with Crippen LogP contribution in [0.2, 0.25) is 0 Å². The molecule has 0 radical (unpaired) electrons. The van der Waals surface area contributed by atoms with E-state index in [9.17, 15) is 4.79 Å². The predicted molar refractivity (Wildman–Crippen MR) is 74.8 cm³/mol. The third kappa shape index (κ3) is 5.07. The summed E-state index contributed by atoms with van der Waals surface area (Å²) < 4.78 is 5.29. The lowest BCUT2D eigenvalue weighted by molar-refractivity contribution is -0.121. The van der Waals surface area contributed by atoms with Crippen LogP contribution in [0.1, 0.15) is 38.9 Å². The van der Waals surface area contributed by atoms with Gasteiger partial charge in [-0.05, 0) is 51.2 Å². The molecule has 2 rings (SSSR count). The fourth-order valence-corrected chi connectivity index (χ4v) is 2.20. The van der Waals surface area contributed by atoms with Gasteiger partial charge in [0.15, 0.2) is 0 Å². The molecule has 2 unspecified atom stereocenters. The van der Waals surface area contributed by atoms with Gasteiger partial charge >= 0.3 is 0 Å². The number of carbonyl (C=O) groups is 1. The van der Waals surface area contributed by atoms with Gasteiger partial charge in [-0.25, -0.2) is 0 Å². The van der Waals surface area contributed by atoms with Gasteiger partial charge in [-0.2, -0.15) is 0 Å². The standard InChI is InChI=1S/C15H24N2O2/c1-11(5-8-14-4-3-9-19-14)16-10-15(18)17-12(2)13-6-7-13/h3-4,9,11-13,16H,5-8,10H2,1-2H3,(H,17,18). The van der Waals surface area contributed by atoms with Crippen LogP contribution >= 0.6 is 0 Å². The third-order valence-electron chi connectivity index (χ3n) is 3.73. The molecule has 1 aliphatic rings. The molecule has 4 nitrogen and oxygen atoms in total.